The number of halogens is 1. The Morgan fingerprint density at radius 1 is 1.22 bits per heavy atom. The lowest BCUT2D eigenvalue weighted by molar-refractivity contribution is 0.485. The standard InChI is InChI=1S/C21H29N5.HI/c1-16-8-5-6-10-19(16)17-12-13-26(15-17)21(22-2)23-14-18-9-7-11-20(24-18)25(3)4;/h5-11,17H,12-15H2,1-4H3,(H,22,23);1H. The number of aliphatic imine (C=N–C) groups is 1. The molecule has 2 heterocycles. The third-order valence-electron chi connectivity index (χ3n) is 5.01. The molecular formula is C21H30IN5. The van der Waals surface area contributed by atoms with Gasteiger partial charge < -0.3 is 15.1 Å². The lowest BCUT2D eigenvalue weighted by atomic mass is 9.94. The number of likely N-dealkylation sites (tertiary alicyclic amines) is 1. The van der Waals surface area contributed by atoms with E-state index in [0.29, 0.717) is 12.5 Å². The second-order valence-corrected chi connectivity index (χ2v) is 7.07. The molecule has 146 valence electrons. The molecule has 27 heavy (non-hydrogen) atoms. The molecule has 1 aromatic heterocycles. The van der Waals surface area contributed by atoms with Crippen molar-refractivity contribution in [2.45, 2.75) is 25.8 Å². The van der Waals surface area contributed by atoms with Gasteiger partial charge in [-0.05, 0) is 36.6 Å². The van der Waals surface area contributed by atoms with Crippen molar-refractivity contribution in [3.8, 4) is 0 Å². The zero-order valence-electron chi connectivity index (χ0n) is 16.6. The van der Waals surface area contributed by atoms with Crippen LogP contribution < -0.4 is 10.2 Å². The molecule has 5 nitrogen and oxygen atoms in total. The smallest absolute Gasteiger partial charge is 0.193 e. The minimum atomic E-state index is 0. The monoisotopic (exact) mass is 479 g/mol. The first-order valence-electron chi connectivity index (χ1n) is 9.23. The topological polar surface area (TPSA) is 43.8 Å². The first-order chi connectivity index (χ1) is 12.6. The van der Waals surface area contributed by atoms with E-state index in [9.17, 15) is 0 Å². The summed E-state index contributed by atoms with van der Waals surface area (Å²) in [5.74, 6) is 2.50. The molecule has 0 bridgehead atoms. The molecule has 1 unspecified atom stereocenters. The Morgan fingerprint density at radius 3 is 2.70 bits per heavy atom. The van der Waals surface area contributed by atoms with Crippen LogP contribution in [0.3, 0.4) is 0 Å². The van der Waals surface area contributed by atoms with Gasteiger partial charge in [-0.15, -0.1) is 24.0 Å². The number of rotatable bonds is 4. The van der Waals surface area contributed by atoms with Crippen LogP contribution in [0.25, 0.3) is 0 Å². The summed E-state index contributed by atoms with van der Waals surface area (Å²) in [4.78, 5) is 13.5. The van der Waals surface area contributed by atoms with E-state index in [1.54, 1.807) is 0 Å². The maximum Gasteiger partial charge on any atom is 0.193 e. The van der Waals surface area contributed by atoms with Crippen molar-refractivity contribution in [1.29, 1.82) is 0 Å². The molecule has 1 fully saturated rings. The summed E-state index contributed by atoms with van der Waals surface area (Å²) in [5, 5.41) is 3.48. The van der Waals surface area contributed by atoms with Gasteiger partial charge in [0.05, 0.1) is 12.2 Å². The van der Waals surface area contributed by atoms with Gasteiger partial charge in [-0.1, -0.05) is 30.3 Å². The summed E-state index contributed by atoms with van der Waals surface area (Å²) in [7, 11) is 5.87. The van der Waals surface area contributed by atoms with Crippen LogP contribution in [0, 0.1) is 6.92 Å². The lowest BCUT2D eigenvalue weighted by Crippen LogP contribution is -2.39. The average Bonchev–Trinajstić information content (AvgIpc) is 3.12. The molecule has 1 N–H and O–H groups in total. The molecular weight excluding hydrogens is 449 g/mol. The highest BCUT2D eigenvalue weighted by molar-refractivity contribution is 14.0. The van der Waals surface area contributed by atoms with Crippen LogP contribution in [0.1, 0.15) is 29.2 Å². The number of pyridine rings is 1. The number of aryl methyl sites for hydroxylation is 1. The van der Waals surface area contributed by atoms with Gasteiger partial charge in [0.2, 0.25) is 0 Å². The van der Waals surface area contributed by atoms with E-state index in [1.165, 1.54) is 17.5 Å². The Labute approximate surface area is 179 Å². The van der Waals surface area contributed by atoms with E-state index < -0.39 is 0 Å². The van der Waals surface area contributed by atoms with E-state index in [-0.39, 0.29) is 24.0 Å². The minimum Gasteiger partial charge on any atom is -0.363 e. The summed E-state index contributed by atoms with van der Waals surface area (Å²) < 4.78 is 0. The van der Waals surface area contributed by atoms with Gasteiger partial charge in [0.25, 0.3) is 0 Å². The molecule has 1 saturated heterocycles. The molecule has 3 rings (SSSR count). The fraction of sp³-hybridized carbons (Fsp3) is 0.429. The van der Waals surface area contributed by atoms with Gasteiger partial charge in [0.15, 0.2) is 5.96 Å². The number of guanidine groups is 1. The van der Waals surface area contributed by atoms with E-state index in [1.807, 2.05) is 44.2 Å². The molecule has 6 heteroatoms. The summed E-state index contributed by atoms with van der Waals surface area (Å²) in [6.45, 7) is 4.92. The largest absolute Gasteiger partial charge is 0.363 e. The molecule has 0 amide bonds. The maximum absolute atomic E-state index is 4.67. The van der Waals surface area contributed by atoms with Gasteiger partial charge in [0, 0.05) is 40.2 Å². The molecule has 1 aliphatic rings. The number of benzene rings is 1. The number of aromatic nitrogens is 1. The van der Waals surface area contributed by atoms with Crippen LogP contribution in [0.15, 0.2) is 47.5 Å². The van der Waals surface area contributed by atoms with Crippen molar-refractivity contribution in [3.05, 3.63) is 59.3 Å². The van der Waals surface area contributed by atoms with E-state index in [2.05, 4.69) is 51.4 Å². The van der Waals surface area contributed by atoms with Crippen molar-refractivity contribution in [3.63, 3.8) is 0 Å². The number of hydrogen-bond donors (Lipinski definition) is 1. The molecule has 0 aliphatic carbocycles. The molecule has 1 atom stereocenters. The normalized spacial score (nSPS) is 16.8. The molecule has 0 saturated carbocycles. The van der Waals surface area contributed by atoms with Crippen LogP contribution >= 0.6 is 24.0 Å². The van der Waals surface area contributed by atoms with Crippen LogP contribution in [-0.2, 0) is 6.54 Å². The molecule has 1 aromatic carbocycles. The molecule has 0 spiro atoms. The average molecular weight is 479 g/mol. The Morgan fingerprint density at radius 2 is 2.00 bits per heavy atom. The molecule has 1 aliphatic heterocycles. The van der Waals surface area contributed by atoms with Crippen molar-refractivity contribution < 1.29 is 0 Å². The van der Waals surface area contributed by atoms with Crippen LogP contribution in [0.4, 0.5) is 5.82 Å². The Bertz CT molecular complexity index is 775. The fourth-order valence-electron chi connectivity index (χ4n) is 3.57. The van der Waals surface area contributed by atoms with Crippen molar-refractivity contribution in [1.82, 2.24) is 15.2 Å². The highest BCUT2D eigenvalue weighted by atomic mass is 127. The number of nitrogens with one attached hydrogen (secondary N) is 1. The van der Waals surface area contributed by atoms with Gasteiger partial charge in [-0.3, -0.25) is 4.99 Å². The third kappa shape index (κ3) is 5.34. The van der Waals surface area contributed by atoms with Gasteiger partial charge in [0.1, 0.15) is 5.82 Å². The molecule has 0 radical (unpaired) electrons. The zero-order valence-corrected chi connectivity index (χ0v) is 19.0. The van der Waals surface area contributed by atoms with E-state index >= 15 is 0 Å². The number of nitrogens with zero attached hydrogens (tertiary/aromatic N) is 4. The minimum absolute atomic E-state index is 0. The van der Waals surface area contributed by atoms with E-state index in [0.717, 1.165) is 30.6 Å². The Balaban J connectivity index is 0.00000261. The summed E-state index contributed by atoms with van der Waals surface area (Å²) in [5.41, 5.74) is 3.87. The zero-order chi connectivity index (χ0) is 18.5. The maximum atomic E-state index is 4.67. The summed E-state index contributed by atoms with van der Waals surface area (Å²) >= 11 is 0. The van der Waals surface area contributed by atoms with Crippen molar-refractivity contribution in [2.24, 2.45) is 4.99 Å². The fourth-order valence-corrected chi connectivity index (χ4v) is 3.57. The SMILES string of the molecule is CN=C(NCc1cccc(N(C)C)n1)N1CCC(c2ccccc2C)C1.I. The molecule has 2 aromatic rings. The summed E-state index contributed by atoms with van der Waals surface area (Å²) in [6, 6.07) is 14.8. The summed E-state index contributed by atoms with van der Waals surface area (Å²) in [6.07, 6.45) is 1.17. The highest BCUT2D eigenvalue weighted by Crippen LogP contribution is 2.29. The Hall–Kier alpha value is -1.83. The lowest BCUT2D eigenvalue weighted by Gasteiger charge is -2.22. The predicted octanol–water partition coefficient (Wildman–Crippen LogP) is 3.64. The van der Waals surface area contributed by atoms with Crippen LogP contribution in [0.5, 0.6) is 0 Å². The predicted molar refractivity (Wildman–Crippen MR) is 124 cm³/mol. The van der Waals surface area contributed by atoms with Crippen molar-refractivity contribution in [2.75, 3.05) is 39.1 Å². The second kappa shape index (κ2) is 9.92. The quantitative estimate of drug-likeness (QED) is 0.413. The van der Waals surface area contributed by atoms with Gasteiger partial charge in [-0.25, -0.2) is 4.98 Å². The van der Waals surface area contributed by atoms with Crippen molar-refractivity contribution >= 4 is 35.8 Å². The van der Waals surface area contributed by atoms with Gasteiger partial charge >= 0.3 is 0 Å². The second-order valence-electron chi connectivity index (χ2n) is 7.07. The first-order valence-corrected chi connectivity index (χ1v) is 9.23. The Kier molecular flexibility index (Phi) is 7.89. The highest BCUT2D eigenvalue weighted by Gasteiger charge is 2.26. The first kappa shape index (κ1) is 21.5. The van der Waals surface area contributed by atoms with Crippen LogP contribution in [-0.4, -0.2) is 50.1 Å². The number of anilines is 1. The van der Waals surface area contributed by atoms with Crippen LogP contribution in [0.2, 0.25) is 0 Å². The third-order valence-corrected chi connectivity index (χ3v) is 5.01. The van der Waals surface area contributed by atoms with E-state index in [4.69, 9.17) is 0 Å². The number of hydrogen-bond acceptors (Lipinski definition) is 3. The van der Waals surface area contributed by atoms with Gasteiger partial charge in [-0.2, -0.15) is 0 Å².